The van der Waals surface area contributed by atoms with Gasteiger partial charge in [0.1, 0.15) is 0 Å². The molecule has 1 saturated heterocycles. The van der Waals surface area contributed by atoms with Crippen molar-refractivity contribution in [3.8, 4) is 0 Å². The van der Waals surface area contributed by atoms with Crippen molar-refractivity contribution in [3.63, 3.8) is 0 Å². The van der Waals surface area contributed by atoms with Crippen LogP contribution in [0.25, 0.3) is 0 Å². The van der Waals surface area contributed by atoms with Crippen LogP contribution in [0.4, 0.5) is 0 Å². The molecule has 1 amide bonds. The quantitative estimate of drug-likeness (QED) is 0.634. The van der Waals surface area contributed by atoms with E-state index < -0.39 is 5.41 Å². The number of hydrogen-bond acceptors (Lipinski definition) is 4. The van der Waals surface area contributed by atoms with Crippen LogP contribution in [0, 0.1) is 10.8 Å². The number of carbonyl (C=O) groups is 1. The minimum Gasteiger partial charge on any atom is -0.396 e. The number of rotatable bonds is 6. The molecule has 0 radical (unpaired) electrons. The van der Waals surface area contributed by atoms with Gasteiger partial charge in [0.25, 0.3) is 0 Å². The summed E-state index contributed by atoms with van der Waals surface area (Å²) < 4.78 is 5.23. The summed E-state index contributed by atoms with van der Waals surface area (Å²) in [6.07, 6.45) is 1.60. The molecule has 18 heavy (non-hydrogen) atoms. The lowest BCUT2D eigenvalue weighted by Gasteiger charge is -2.36. The molecule has 5 nitrogen and oxygen atoms in total. The highest BCUT2D eigenvalue weighted by molar-refractivity contribution is 5.83. The maximum absolute atomic E-state index is 12.4. The average Bonchev–Trinajstić information content (AvgIpc) is 2.37. The van der Waals surface area contributed by atoms with E-state index in [0.717, 1.165) is 25.9 Å². The van der Waals surface area contributed by atoms with Crippen molar-refractivity contribution in [2.45, 2.75) is 26.7 Å². The highest BCUT2D eigenvalue weighted by atomic mass is 16.5. The lowest BCUT2D eigenvalue weighted by molar-refractivity contribution is -0.136. The fourth-order valence-corrected chi connectivity index (χ4v) is 2.18. The molecule has 3 N–H and O–H groups in total. The Morgan fingerprint density at radius 2 is 2.06 bits per heavy atom. The Morgan fingerprint density at radius 3 is 2.56 bits per heavy atom. The van der Waals surface area contributed by atoms with Crippen LogP contribution in [0.3, 0.4) is 0 Å². The van der Waals surface area contributed by atoms with Crippen molar-refractivity contribution in [2.24, 2.45) is 10.8 Å². The Balaban J connectivity index is 2.60. The third-order valence-corrected chi connectivity index (χ3v) is 3.62. The topological polar surface area (TPSA) is 70.6 Å². The van der Waals surface area contributed by atoms with Gasteiger partial charge >= 0.3 is 0 Å². The van der Waals surface area contributed by atoms with Crippen molar-refractivity contribution in [3.05, 3.63) is 0 Å². The van der Waals surface area contributed by atoms with E-state index in [2.05, 4.69) is 10.6 Å². The molecule has 0 aromatic carbocycles. The van der Waals surface area contributed by atoms with Crippen LogP contribution < -0.4 is 10.6 Å². The number of ether oxygens (including phenoxy) is 1. The number of nitrogens with one attached hydrogen (secondary N) is 2. The van der Waals surface area contributed by atoms with Gasteiger partial charge in [0.15, 0.2) is 0 Å². The summed E-state index contributed by atoms with van der Waals surface area (Å²) in [5.41, 5.74) is -0.692. The second-order valence-electron chi connectivity index (χ2n) is 5.97. The fourth-order valence-electron chi connectivity index (χ4n) is 2.18. The molecule has 0 aromatic heterocycles. The van der Waals surface area contributed by atoms with Crippen molar-refractivity contribution in [2.75, 3.05) is 40.0 Å². The predicted octanol–water partition coefficient (Wildman–Crippen LogP) is 0.137. The summed E-state index contributed by atoms with van der Waals surface area (Å²) in [6.45, 7) is 6.56. The minimum absolute atomic E-state index is 0.0485. The standard InChI is InChI=1S/C13H26N2O3/c1-12(2,9-16)8-15-11(17)13(10-18-3)4-6-14-7-5-13/h14,16H,4-10H2,1-3H3,(H,15,17). The lowest BCUT2D eigenvalue weighted by atomic mass is 9.78. The van der Waals surface area contributed by atoms with E-state index in [0.29, 0.717) is 13.2 Å². The van der Waals surface area contributed by atoms with E-state index in [9.17, 15) is 9.90 Å². The second kappa shape index (κ2) is 6.50. The van der Waals surface area contributed by atoms with Gasteiger partial charge in [0, 0.05) is 25.7 Å². The SMILES string of the molecule is COCC1(C(=O)NCC(C)(C)CO)CCNCC1. The van der Waals surface area contributed by atoms with E-state index >= 15 is 0 Å². The fraction of sp³-hybridized carbons (Fsp3) is 0.923. The molecule has 0 aliphatic carbocycles. The van der Waals surface area contributed by atoms with Crippen molar-refractivity contribution >= 4 is 5.91 Å². The summed E-state index contributed by atoms with van der Waals surface area (Å²) in [6, 6.07) is 0. The maximum Gasteiger partial charge on any atom is 0.228 e. The average molecular weight is 258 g/mol. The molecule has 0 bridgehead atoms. The largest absolute Gasteiger partial charge is 0.396 e. The monoisotopic (exact) mass is 258 g/mol. The smallest absolute Gasteiger partial charge is 0.228 e. The van der Waals surface area contributed by atoms with Gasteiger partial charge in [0.05, 0.1) is 12.0 Å². The first kappa shape index (κ1) is 15.4. The zero-order chi connectivity index (χ0) is 13.6. The lowest BCUT2D eigenvalue weighted by Crippen LogP contribution is -2.51. The van der Waals surface area contributed by atoms with Crippen LogP contribution in [0.2, 0.25) is 0 Å². The third kappa shape index (κ3) is 3.93. The van der Waals surface area contributed by atoms with Gasteiger partial charge in [-0.1, -0.05) is 13.8 Å². The zero-order valence-electron chi connectivity index (χ0n) is 11.7. The number of piperidine rings is 1. The highest BCUT2D eigenvalue weighted by Gasteiger charge is 2.39. The zero-order valence-corrected chi connectivity index (χ0v) is 11.7. The molecule has 0 unspecified atom stereocenters. The Hall–Kier alpha value is -0.650. The number of carbonyl (C=O) groups excluding carboxylic acids is 1. The number of hydrogen-bond donors (Lipinski definition) is 3. The summed E-state index contributed by atoms with van der Waals surface area (Å²) >= 11 is 0. The van der Waals surface area contributed by atoms with E-state index in [1.165, 1.54) is 0 Å². The molecule has 1 heterocycles. The molecule has 0 atom stereocenters. The van der Waals surface area contributed by atoms with Crippen molar-refractivity contribution in [1.82, 2.24) is 10.6 Å². The van der Waals surface area contributed by atoms with Crippen LogP contribution in [0.15, 0.2) is 0 Å². The summed E-state index contributed by atoms with van der Waals surface area (Å²) in [4.78, 5) is 12.4. The van der Waals surface area contributed by atoms with E-state index in [-0.39, 0.29) is 17.9 Å². The molecule has 0 spiro atoms. The third-order valence-electron chi connectivity index (χ3n) is 3.62. The number of aliphatic hydroxyl groups excluding tert-OH is 1. The molecule has 0 saturated carbocycles. The van der Waals surface area contributed by atoms with Gasteiger partial charge in [-0.05, 0) is 25.9 Å². The van der Waals surface area contributed by atoms with Crippen LogP contribution >= 0.6 is 0 Å². The minimum atomic E-state index is -0.411. The number of methoxy groups -OCH3 is 1. The van der Waals surface area contributed by atoms with Gasteiger partial charge in [-0.3, -0.25) is 4.79 Å². The van der Waals surface area contributed by atoms with Crippen LogP contribution in [0.5, 0.6) is 0 Å². The second-order valence-corrected chi connectivity index (χ2v) is 5.97. The Morgan fingerprint density at radius 1 is 1.44 bits per heavy atom. The Kier molecular flexibility index (Phi) is 5.56. The molecule has 106 valence electrons. The van der Waals surface area contributed by atoms with Crippen LogP contribution in [-0.2, 0) is 9.53 Å². The first-order valence-corrected chi connectivity index (χ1v) is 6.55. The maximum atomic E-state index is 12.4. The van der Waals surface area contributed by atoms with Gasteiger partial charge < -0.3 is 20.5 Å². The first-order valence-electron chi connectivity index (χ1n) is 6.55. The molecule has 1 fully saturated rings. The summed E-state index contributed by atoms with van der Waals surface area (Å²) in [5.74, 6) is 0.0485. The molecular weight excluding hydrogens is 232 g/mol. The van der Waals surface area contributed by atoms with Crippen LogP contribution in [-0.4, -0.2) is 51.0 Å². The Bertz CT molecular complexity index is 268. The number of amides is 1. The van der Waals surface area contributed by atoms with Gasteiger partial charge in [-0.25, -0.2) is 0 Å². The highest BCUT2D eigenvalue weighted by Crippen LogP contribution is 2.29. The van der Waals surface area contributed by atoms with Crippen LogP contribution in [0.1, 0.15) is 26.7 Å². The molecule has 1 aliphatic rings. The summed E-state index contributed by atoms with van der Waals surface area (Å²) in [5, 5.41) is 15.4. The molecule has 1 rings (SSSR count). The van der Waals surface area contributed by atoms with Gasteiger partial charge in [-0.2, -0.15) is 0 Å². The number of aliphatic hydroxyl groups is 1. The van der Waals surface area contributed by atoms with E-state index in [1.54, 1.807) is 7.11 Å². The van der Waals surface area contributed by atoms with Crippen molar-refractivity contribution < 1.29 is 14.6 Å². The van der Waals surface area contributed by atoms with E-state index in [4.69, 9.17) is 4.74 Å². The first-order chi connectivity index (χ1) is 8.46. The predicted molar refractivity (Wildman–Crippen MR) is 70.3 cm³/mol. The van der Waals surface area contributed by atoms with Gasteiger partial charge in [0.2, 0.25) is 5.91 Å². The summed E-state index contributed by atoms with van der Waals surface area (Å²) in [7, 11) is 1.63. The molecule has 0 aromatic rings. The molecular formula is C13H26N2O3. The Labute approximate surface area is 109 Å². The molecule has 5 heteroatoms. The normalized spacial score (nSPS) is 19.6. The van der Waals surface area contributed by atoms with Gasteiger partial charge in [-0.15, -0.1) is 0 Å². The van der Waals surface area contributed by atoms with Crippen molar-refractivity contribution in [1.29, 1.82) is 0 Å². The molecule has 1 aliphatic heterocycles. The van der Waals surface area contributed by atoms with E-state index in [1.807, 2.05) is 13.8 Å².